The molecule has 0 aromatic carbocycles. The van der Waals surface area contributed by atoms with Crippen molar-refractivity contribution in [2.24, 2.45) is 0 Å². The third kappa shape index (κ3) is 0.540. The minimum absolute atomic E-state index is 0.234. The summed E-state index contributed by atoms with van der Waals surface area (Å²) in [5.74, 6) is 0.234. The van der Waals surface area contributed by atoms with Crippen molar-refractivity contribution in [2.75, 3.05) is 0 Å². The van der Waals surface area contributed by atoms with Crippen molar-refractivity contribution in [3.63, 3.8) is 0 Å². The van der Waals surface area contributed by atoms with Gasteiger partial charge in [-0.2, -0.15) is 5.10 Å². The zero-order valence-electron chi connectivity index (χ0n) is 5.00. The first kappa shape index (κ1) is 5.16. The normalized spacial score (nSPS) is 10.4. The van der Waals surface area contributed by atoms with Crippen molar-refractivity contribution in [1.29, 1.82) is 0 Å². The highest BCUT2D eigenvalue weighted by Crippen LogP contribution is 2.12. The number of hydrogen-bond donors (Lipinski definition) is 1. The molecule has 0 amide bonds. The van der Waals surface area contributed by atoms with E-state index in [1.807, 2.05) is 0 Å². The topological polar surface area (TPSA) is 78.3 Å². The predicted molar refractivity (Wildman–Crippen MR) is 34.4 cm³/mol. The van der Waals surface area contributed by atoms with E-state index in [2.05, 4.69) is 20.2 Å². The fourth-order valence-electron chi connectivity index (χ4n) is 0.766. The summed E-state index contributed by atoms with van der Waals surface area (Å²) in [5, 5.41) is 6.27. The zero-order chi connectivity index (χ0) is 6.97. The van der Waals surface area contributed by atoms with Gasteiger partial charge in [-0.25, -0.2) is 9.97 Å². The maximum absolute atomic E-state index is 7.24. The number of nitrogens with one attached hydrogen (secondary N) is 2. The molecule has 2 aromatic heterocycles. The molecule has 0 saturated carbocycles. The highest BCUT2D eigenvalue weighted by molar-refractivity contribution is 5.81. The first-order valence-corrected chi connectivity index (χ1v) is 2.73. The Morgan fingerprint density at radius 1 is 1.50 bits per heavy atom. The van der Waals surface area contributed by atoms with Crippen LogP contribution >= 0.6 is 0 Å². The van der Waals surface area contributed by atoms with Crippen LogP contribution in [0.5, 0.6) is 0 Å². The summed E-state index contributed by atoms with van der Waals surface area (Å²) in [6.45, 7) is 0. The molecule has 0 aliphatic rings. The molecule has 2 aromatic rings. The Balaban J connectivity index is 2.93. The molecule has 2 heterocycles. The highest BCUT2D eigenvalue weighted by Gasteiger charge is 2.00. The van der Waals surface area contributed by atoms with Gasteiger partial charge in [0.25, 0.3) is 0 Å². The fourth-order valence-corrected chi connectivity index (χ4v) is 0.766. The lowest BCUT2D eigenvalue weighted by atomic mass is 10.4. The van der Waals surface area contributed by atoms with Crippen LogP contribution in [0.4, 0.5) is 5.82 Å². The quantitative estimate of drug-likeness (QED) is 0.561. The molecule has 10 heavy (non-hydrogen) atoms. The Kier molecular flexibility index (Phi) is 0.858. The van der Waals surface area contributed by atoms with Crippen LogP contribution in [0.1, 0.15) is 0 Å². The van der Waals surface area contributed by atoms with E-state index in [-0.39, 0.29) is 5.82 Å². The smallest absolute Gasteiger partial charge is 0.167 e. The van der Waals surface area contributed by atoms with Gasteiger partial charge in [0, 0.05) is 0 Å². The van der Waals surface area contributed by atoms with E-state index in [9.17, 15) is 0 Å². The van der Waals surface area contributed by atoms with Gasteiger partial charge in [-0.3, -0.25) is 10.8 Å². The number of fused-ring (bicyclic) bond motifs is 1. The summed E-state index contributed by atoms with van der Waals surface area (Å²) < 4.78 is 0. The molecule has 5 heteroatoms. The van der Waals surface area contributed by atoms with E-state index >= 15 is 0 Å². The van der Waals surface area contributed by atoms with Crippen LogP contribution in [-0.2, 0) is 0 Å². The molecule has 0 aliphatic heterocycles. The Hall–Kier alpha value is -1.65. The third-order valence-corrected chi connectivity index (χ3v) is 1.22. The average Bonchev–Trinajstić information content (AvgIpc) is 2.34. The van der Waals surface area contributed by atoms with Gasteiger partial charge in [-0.1, -0.05) is 0 Å². The summed E-state index contributed by atoms with van der Waals surface area (Å²) in [6.07, 6.45) is 2.97. The zero-order valence-corrected chi connectivity index (χ0v) is 5.00. The first-order valence-electron chi connectivity index (χ1n) is 2.73. The molecule has 5 nitrogen and oxygen atoms in total. The van der Waals surface area contributed by atoms with Gasteiger partial charge in [0.05, 0.1) is 6.20 Å². The number of H-pyrrole nitrogens is 1. The number of aromatic nitrogens is 4. The molecule has 1 radical (unpaired) electrons. The Labute approximate surface area is 56.3 Å². The predicted octanol–water partition coefficient (Wildman–Crippen LogP) is 0.267. The number of aromatic amines is 1. The lowest BCUT2D eigenvalue weighted by molar-refractivity contribution is 1.10. The van der Waals surface area contributed by atoms with Crippen LogP contribution in [-0.4, -0.2) is 20.2 Å². The van der Waals surface area contributed by atoms with E-state index in [1.54, 1.807) is 6.20 Å². The minimum Gasteiger partial charge on any atom is -0.281 e. The van der Waals surface area contributed by atoms with Crippen molar-refractivity contribution in [2.45, 2.75) is 0 Å². The molecule has 0 spiro atoms. The molecule has 0 atom stereocenters. The first-order chi connectivity index (χ1) is 4.88. The van der Waals surface area contributed by atoms with Crippen molar-refractivity contribution >= 4 is 16.9 Å². The van der Waals surface area contributed by atoms with Crippen molar-refractivity contribution < 1.29 is 0 Å². The Morgan fingerprint density at radius 3 is 3.20 bits per heavy atom. The van der Waals surface area contributed by atoms with Gasteiger partial charge in [0.15, 0.2) is 5.82 Å². The number of hydrogen-bond acceptors (Lipinski definition) is 3. The summed E-state index contributed by atoms with van der Waals surface area (Å²) in [5.41, 5.74) is 8.43. The minimum atomic E-state index is 0.234. The van der Waals surface area contributed by atoms with Crippen molar-refractivity contribution in [3.8, 4) is 0 Å². The summed E-state index contributed by atoms with van der Waals surface area (Å²) >= 11 is 0. The Bertz CT molecular complexity index is 352. The van der Waals surface area contributed by atoms with Gasteiger partial charge in [-0.15, -0.1) is 0 Å². The van der Waals surface area contributed by atoms with Crippen LogP contribution in [0.15, 0.2) is 12.5 Å². The summed E-state index contributed by atoms with van der Waals surface area (Å²) in [6, 6.07) is 0. The van der Waals surface area contributed by atoms with E-state index in [0.717, 1.165) is 0 Å². The second-order valence-corrected chi connectivity index (χ2v) is 1.86. The molecule has 2 rings (SSSR count). The standard InChI is InChI=1S/C5H4N5/c6-5-4-3(9-10-5)1-7-2-8-4/h1-2,6H,(H,9,10). The van der Waals surface area contributed by atoms with E-state index in [0.29, 0.717) is 11.0 Å². The maximum atomic E-state index is 7.24. The molecule has 0 unspecified atom stereocenters. The maximum Gasteiger partial charge on any atom is 0.167 e. The number of nitrogens with zero attached hydrogens (tertiary/aromatic N) is 3. The third-order valence-electron chi connectivity index (χ3n) is 1.22. The molecular weight excluding hydrogens is 130 g/mol. The van der Waals surface area contributed by atoms with E-state index in [1.165, 1.54) is 6.33 Å². The van der Waals surface area contributed by atoms with Gasteiger partial charge in [0.1, 0.15) is 17.4 Å². The Morgan fingerprint density at radius 2 is 2.40 bits per heavy atom. The fraction of sp³-hybridized carbons (Fsp3) is 0. The van der Waals surface area contributed by atoms with Gasteiger partial charge in [0.2, 0.25) is 0 Å². The molecule has 0 saturated heterocycles. The van der Waals surface area contributed by atoms with Crippen molar-refractivity contribution in [3.05, 3.63) is 12.5 Å². The van der Waals surface area contributed by atoms with Gasteiger partial charge >= 0.3 is 0 Å². The lowest BCUT2D eigenvalue weighted by Crippen LogP contribution is -1.76. The molecule has 49 valence electrons. The van der Waals surface area contributed by atoms with Crippen LogP contribution in [0, 0.1) is 0 Å². The SMILES string of the molecule is [NH]c1[nH]nc2cncnc12. The molecule has 0 fully saturated rings. The highest BCUT2D eigenvalue weighted by atomic mass is 15.2. The summed E-state index contributed by atoms with van der Waals surface area (Å²) in [4.78, 5) is 7.60. The second kappa shape index (κ2) is 1.66. The molecule has 0 aliphatic carbocycles. The van der Waals surface area contributed by atoms with E-state index < -0.39 is 0 Å². The molecule has 2 N–H and O–H groups in total. The van der Waals surface area contributed by atoms with Crippen LogP contribution in [0.2, 0.25) is 0 Å². The largest absolute Gasteiger partial charge is 0.281 e. The average molecular weight is 134 g/mol. The summed E-state index contributed by atoms with van der Waals surface area (Å²) in [7, 11) is 0. The lowest BCUT2D eigenvalue weighted by Gasteiger charge is -1.82. The monoisotopic (exact) mass is 134 g/mol. The van der Waals surface area contributed by atoms with Crippen LogP contribution < -0.4 is 5.73 Å². The van der Waals surface area contributed by atoms with Gasteiger partial charge in [-0.05, 0) is 0 Å². The molecule has 0 bridgehead atoms. The van der Waals surface area contributed by atoms with Crippen LogP contribution in [0.3, 0.4) is 0 Å². The molecular formula is C5H4N5. The second-order valence-electron chi connectivity index (χ2n) is 1.86. The number of rotatable bonds is 0. The van der Waals surface area contributed by atoms with Gasteiger partial charge < -0.3 is 0 Å². The van der Waals surface area contributed by atoms with E-state index in [4.69, 9.17) is 5.73 Å². The van der Waals surface area contributed by atoms with Crippen molar-refractivity contribution in [1.82, 2.24) is 25.9 Å². The van der Waals surface area contributed by atoms with Crippen LogP contribution in [0.25, 0.3) is 11.0 Å².